The van der Waals surface area contributed by atoms with Gasteiger partial charge in [0.15, 0.2) is 10.8 Å². The van der Waals surface area contributed by atoms with E-state index in [1.807, 2.05) is 0 Å². The van der Waals surface area contributed by atoms with E-state index in [4.69, 9.17) is 4.98 Å². The normalized spacial score (nSPS) is 16.8. The Kier molecular flexibility index (Phi) is 4.58. The van der Waals surface area contributed by atoms with Crippen LogP contribution >= 0.6 is 11.3 Å². The van der Waals surface area contributed by atoms with E-state index in [0.717, 1.165) is 31.1 Å². The second-order valence-electron chi connectivity index (χ2n) is 5.52. The summed E-state index contributed by atoms with van der Waals surface area (Å²) >= 11 is 1.73. The van der Waals surface area contributed by atoms with Gasteiger partial charge in [-0.25, -0.2) is 4.98 Å². The number of nitrogens with zero attached hydrogens (tertiary/aromatic N) is 3. The van der Waals surface area contributed by atoms with Gasteiger partial charge in [-0.2, -0.15) is 0 Å². The maximum Gasteiger partial charge on any atom is 0.195 e. The summed E-state index contributed by atoms with van der Waals surface area (Å²) in [5, 5.41) is 5.65. The zero-order chi connectivity index (χ0) is 13.8. The Balaban J connectivity index is 1.87. The van der Waals surface area contributed by atoms with Crippen molar-refractivity contribution >= 4 is 22.1 Å². The molecule has 1 fully saturated rings. The minimum atomic E-state index is 0.914. The zero-order valence-electron chi connectivity index (χ0n) is 12.3. The Morgan fingerprint density at radius 3 is 2.80 bits per heavy atom. The molecule has 2 aromatic heterocycles. The van der Waals surface area contributed by atoms with Crippen LogP contribution in [0.4, 0.5) is 5.82 Å². The zero-order valence-corrected chi connectivity index (χ0v) is 13.1. The summed E-state index contributed by atoms with van der Waals surface area (Å²) in [5.41, 5.74) is 1.33. The summed E-state index contributed by atoms with van der Waals surface area (Å²) in [4.78, 5) is 8.50. The Labute approximate surface area is 124 Å². The molecule has 0 aromatic carbocycles. The highest BCUT2D eigenvalue weighted by Crippen LogP contribution is 2.26. The lowest BCUT2D eigenvalue weighted by Gasteiger charge is -2.21. The van der Waals surface area contributed by atoms with E-state index in [9.17, 15) is 0 Å². The molecule has 0 unspecified atom stereocenters. The highest BCUT2D eigenvalue weighted by molar-refractivity contribution is 7.15. The van der Waals surface area contributed by atoms with Crippen LogP contribution in [0.2, 0.25) is 0 Å². The fourth-order valence-electron chi connectivity index (χ4n) is 2.90. The molecule has 4 nitrogen and oxygen atoms in total. The highest BCUT2D eigenvalue weighted by Gasteiger charge is 2.19. The lowest BCUT2D eigenvalue weighted by Crippen LogP contribution is -2.26. The minimum absolute atomic E-state index is 0.914. The third-order valence-corrected chi connectivity index (χ3v) is 4.72. The van der Waals surface area contributed by atoms with E-state index < -0.39 is 0 Å². The van der Waals surface area contributed by atoms with Crippen molar-refractivity contribution in [2.45, 2.75) is 45.6 Å². The molecule has 110 valence electrons. The number of thiazole rings is 1. The van der Waals surface area contributed by atoms with E-state index in [-0.39, 0.29) is 0 Å². The Morgan fingerprint density at radius 2 is 2.05 bits per heavy atom. The smallest absolute Gasteiger partial charge is 0.195 e. The largest absolute Gasteiger partial charge is 0.355 e. The van der Waals surface area contributed by atoms with Crippen LogP contribution in [-0.4, -0.2) is 29.0 Å². The Morgan fingerprint density at radius 1 is 1.25 bits per heavy atom. The fraction of sp³-hybridized carbons (Fsp3) is 0.667. The van der Waals surface area contributed by atoms with Gasteiger partial charge in [-0.05, 0) is 25.8 Å². The number of fused-ring (bicyclic) bond motifs is 1. The summed E-state index contributed by atoms with van der Waals surface area (Å²) in [6, 6.07) is 0. The molecule has 0 bridgehead atoms. The summed E-state index contributed by atoms with van der Waals surface area (Å²) in [6.45, 7) is 6.50. The first-order valence-electron chi connectivity index (χ1n) is 7.80. The monoisotopic (exact) mass is 292 g/mol. The molecule has 1 aliphatic heterocycles. The Bertz CT molecular complexity index is 537. The van der Waals surface area contributed by atoms with Gasteiger partial charge in [0.05, 0.1) is 5.69 Å². The average Bonchev–Trinajstić information content (AvgIpc) is 2.92. The van der Waals surface area contributed by atoms with Crippen molar-refractivity contribution in [2.24, 2.45) is 0 Å². The fourth-order valence-corrected chi connectivity index (χ4v) is 3.63. The van der Waals surface area contributed by atoms with Crippen molar-refractivity contribution in [3.05, 3.63) is 17.3 Å². The summed E-state index contributed by atoms with van der Waals surface area (Å²) in [7, 11) is 0. The molecule has 0 radical (unpaired) electrons. The molecule has 1 saturated heterocycles. The number of anilines is 1. The number of aromatic nitrogens is 2. The van der Waals surface area contributed by atoms with Crippen LogP contribution in [0.3, 0.4) is 0 Å². The molecule has 20 heavy (non-hydrogen) atoms. The number of rotatable bonds is 5. The molecule has 2 aromatic rings. The molecule has 1 N–H and O–H groups in total. The minimum Gasteiger partial charge on any atom is -0.355 e. The van der Waals surface area contributed by atoms with Crippen molar-refractivity contribution in [3.8, 4) is 0 Å². The van der Waals surface area contributed by atoms with Gasteiger partial charge in [-0.15, -0.1) is 11.3 Å². The van der Waals surface area contributed by atoms with Crippen LogP contribution in [-0.2, 0) is 6.54 Å². The quantitative estimate of drug-likeness (QED) is 0.859. The van der Waals surface area contributed by atoms with E-state index in [1.54, 1.807) is 11.3 Å². The SMILES string of the molecule is CCCNCc1c(N2CCCCCC2)nc2sccn12. The number of hydrogen-bond acceptors (Lipinski definition) is 4. The van der Waals surface area contributed by atoms with Gasteiger partial charge in [0, 0.05) is 31.2 Å². The molecule has 3 heterocycles. The topological polar surface area (TPSA) is 32.6 Å². The van der Waals surface area contributed by atoms with Crippen LogP contribution in [0.25, 0.3) is 4.96 Å². The number of imidazole rings is 1. The maximum atomic E-state index is 4.88. The second kappa shape index (κ2) is 6.59. The highest BCUT2D eigenvalue weighted by atomic mass is 32.1. The van der Waals surface area contributed by atoms with E-state index >= 15 is 0 Å². The van der Waals surface area contributed by atoms with Gasteiger partial charge >= 0.3 is 0 Å². The molecule has 0 atom stereocenters. The molecule has 3 rings (SSSR count). The summed E-state index contributed by atoms with van der Waals surface area (Å²) in [5.74, 6) is 1.21. The number of nitrogens with one attached hydrogen (secondary N) is 1. The van der Waals surface area contributed by atoms with Gasteiger partial charge < -0.3 is 10.2 Å². The summed E-state index contributed by atoms with van der Waals surface area (Å²) in [6.07, 6.45) is 8.65. The lowest BCUT2D eigenvalue weighted by molar-refractivity contribution is 0.656. The molecule has 0 saturated carbocycles. The van der Waals surface area contributed by atoms with Crippen molar-refractivity contribution < 1.29 is 0 Å². The maximum absolute atomic E-state index is 4.88. The van der Waals surface area contributed by atoms with Crippen LogP contribution in [0.15, 0.2) is 11.6 Å². The van der Waals surface area contributed by atoms with Gasteiger partial charge in [-0.1, -0.05) is 19.8 Å². The number of hydrogen-bond donors (Lipinski definition) is 1. The molecule has 0 spiro atoms. The molecular formula is C15H24N4S. The first-order valence-corrected chi connectivity index (χ1v) is 8.68. The van der Waals surface area contributed by atoms with Crippen molar-refractivity contribution in [2.75, 3.05) is 24.5 Å². The van der Waals surface area contributed by atoms with Gasteiger partial charge in [0.2, 0.25) is 0 Å². The van der Waals surface area contributed by atoms with Crippen LogP contribution < -0.4 is 10.2 Å². The predicted octanol–water partition coefficient (Wildman–Crippen LogP) is 3.28. The molecule has 0 amide bonds. The third-order valence-electron chi connectivity index (χ3n) is 3.96. The van der Waals surface area contributed by atoms with Gasteiger partial charge in [0.1, 0.15) is 0 Å². The molecule has 1 aliphatic rings. The van der Waals surface area contributed by atoms with E-state index in [2.05, 4.69) is 33.1 Å². The third kappa shape index (κ3) is 2.83. The van der Waals surface area contributed by atoms with E-state index in [0.29, 0.717) is 0 Å². The first kappa shape index (κ1) is 13.9. The average molecular weight is 292 g/mol. The molecular weight excluding hydrogens is 268 g/mol. The van der Waals surface area contributed by atoms with E-state index in [1.165, 1.54) is 43.6 Å². The van der Waals surface area contributed by atoms with Crippen LogP contribution in [0, 0.1) is 0 Å². The van der Waals surface area contributed by atoms with Crippen LogP contribution in [0.5, 0.6) is 0 Å². The van der Waals surface area contributed by atoms with Crippen molar-refractivity contribution in [1.82, 2.24) is 14.7 Å². The molecule has 0 aliphatic carbocycles. The van der Waals surface area contributed by atoms with Gasteiger partial charge in [0.25, 0.3) is 0 Å². The second-order valence-corrected chi connectivity index (χ2v) is 6.39. The lowest BCUT2D eigenvalue weighted by atomic mass is 10.2. The van der Waals surface area contributed by atoms with Gasteiger partial charge in [-0.3, -0.25) is 4.40 Å². The van der Waals surface area contributed by atoms with Crippen LogP contribution in [0.1, 0.15) is 44.7 Å². The molecule has 5 heteroatoms. The Hall–Kier alpha value is -1.07. The summed E-state index contributed by atoms with van der Waals surface area (Å²) < 4.78 is 2.26. The van der Waals surface area contributed by atoms with Crippen molar-refractivity contribution in [3.63, 3.8) is 0 Å². The first-order chi connectivity index (χ1) is 9.90. The van der Waals surface area contributed by atoms with Crippen molar-refractivity contribution in [1.29, 1.82) is 0 Å². The predicted molar refractivity (Wildman–Crippen MR) is 85.7 cm³/mol. The standard InChI is InChI=1S/C15H24N4S/c1-2-7-16-12-13-14(17-15-19(13)10-11-20-15)18-8-5-3-4-6-9-18/h10-11,16H,2-9,12H2,1H3.